The summed E-state index contributed by atoms with van der Waals surface area (Å²) < 4.78 is 76.7. The summed E-state index contributed by atoms with van der Waals surface area (Å²) in [5.41, 5.74) is 0.604. The predicted molar refractivity (Wildman–Crippen MR) is 96.7 cm³/mol. The molecule has 0 spiro atoms. The summed E-state index contributed by atoms with van der Waals surface area (Å²) in [5, 5.41) is 8.48. The van der Waals surface area contributed by atoms with Crippen LogP contribution in [0.5, 0.6) is 0 Å². The zero-order valence-electron chi connectivity index (χ0n) is 15.4. The van der Waals surface area contributed by atoms with Crippen molar-refractivity contribution in [2.75, 3.05) is 0 Å². The molecule has 2 atom stereocenters. The summed E-state index contributed by atoms with van der Waals surface area (Å²) in [7, 11) is 0. The average Bonchev–Trinajstić information content (AvgIpc) is 3.23. The Labute approximate surface area is 163 Å². The van der Waals surface area contributed by atoms with Crippen molar-refractivity contribution in [2.45, 2.75) is 26.2 Å². The Morgan fingerprint density at radius 1 is 0.621 bits per heavy atom. The molecular weight excluding hydrogens is 394 g/mol. The summed E-state index contributed by atoms with van der Waals surface area (Å²) in [6, 6.07) is 9.57. The Morgan fingerprint density at radius 2 is 0.931 bits per heavy atom. The van der Waals surface area contributed by atoms with Crippen LogP contribution in [0.4, 0.5) is 26.3 Å². The Kier molecular flexibility index (Phi) is 4.19. The highest BCUT2D eigenvalue weighted by molar-refractivity contribution is 6.15. The molecule has 2 nitrogen and oxygen atoms in total. The van der Waals surface area contributed by atoms with Gasteiger partial charge in [0.1, 0.15) is 0 Å². The maximum atomic E-state index is 12.8. The van der Waals surface area contributed by atoms with E-state index in [0.29, 0.717) is 22.6 Å². The van der Waals surface area contributed by atoms with E-state index in [1.165, 1.54) is 24.3 Å². The number of hydrogen-bond donors (Lipinski definition) is 0. The molecule has 2 unspecified atom stereocenters. The fraction of sp³-hybridized carbons (Fsp3) is 0.333. The molecule has 1 aliphatic carbocycles. The second-order valence-electron chi connectivity index (χ2n) is 7.90. The fourth-order valence-electron chi connectivity index (χ4n) is 4.03. The van der Waals surface area contributed by atoms with Crippen LogP contribution >= 0.6 is 0 Å². The van der Waals surface area contributed by atoms with Gasteiger partial charge in [-0.3, -0.25) is 0 Å². The molecule has 0 N–H and O–H groups in total. The Bertz CT molecular complexity index is 914. The van der Waals surface area contributed by atoms with Gasteiger partial charge in [0.2, 0.25) is 0 Å². The predicted octanol–water partition coefficient (Wildman–Crippen LogP) is 6.20. The van der Waals surface area contributed by atoms with Crippen molar-refractivity contribution in [3.05, 3.63) is 70.8 Å². The number of halogens is 6. The monoisotopic (exact) mass is 410 g/mol. The van der Waals surface area contributed by atoms with Gasteiger partial charge < -0.3 is 0 Å². The van der Waals surface area contributed by atoms with Crippen LogP contribution in [0.3, 0.4) is 0 Å². The van der Waals surface area contributed by atoms with E-state index in [-0.39, 0.29) is 17.3 Å². The van der Waals surface area contributed by atoms with Crippen molar-refractivity contribution in [1.29, 1.82) is 0 Å². The van der Waals surface area contributed by atoms with Crippen molar-refractivity contribution in [3.63, 3.8) is 0 Å². The highest BCUT2D eigenvalue weighted by Gasteiger charge is 2.64. The largest absolute Gasteiger partial charge is 0.416 e. The van der Waals surface area contributed by atoms with Crippen molar-refractivity contribution < 1.29 is 26.3 Å². The molecule has 1 fully saturated rings. The van der Waals surface area contributed by atoms with E-state index in [4.69, 9.17) is 0 Å². The standard InChI is InChI=1S/C21H16F6N2/c1-19(2)15-16(19)18(12-5-9-14(10-6-12)21(25,26)27)29-28-17(15)11-3-7-13(8-4-11)20(22,23)24/h3-10,15-16H,1-2H3. The molecule has 29 heavy (non-hydrogen) atoms. The molecule has 2 aromatic rings. The first kappa shape index (κ1) is 19.7. The summed E-state index contributed by atoms with van der Waals surface area (Å²) in [6.07, 6.45) is -8.83. The molecule has 4 rings (SSSR count). The molecule has 1 saturated carbocycles. The molecule has 1 heterocycles. The second-order valence-corrected chi connectivity index (χ2v) is 7.90. The summed E-state index contributed by atoms with van der Waals surface area (Å²) >= 11 is 0. The minimum absolute atomic E-state index is 0.0611. The number of rotatable bonds is 2. The SMILES string of the molecule is CC1(C)C2C(c3ccc(C(F)(F)F)cc3)=NN=C(c3ccc(C(F)(F)F)cc3)C21. The van der Waals surface area contributed by atoms with E-state index < -0.39 is 23.5 Å². The van der Waals surface area contributed by atoms with E-state index in [1.54, 1.807) is 0 Å². The number of hydrogen-bond acceptors (Lipinski definition) is 2. The second kappa shape index (κ2) is 6.18. The maximum Gasteiger partial charge on any atom is 0.416 e. The zero-order valence-corrected chi connectivity index (χ0v) is 15.4. The maximum absolute atomic E-state index is 12.8. The van der Waals surface area contributed by atoms with E-state index >= 15 is 0 Å². The smallest absolute Gasteiger partial charge is 0.166 e. The third-order valence-electron chi connectivity index (χ3n) is 5.70. The number of alkyl halides is 6. The molecule has 0 aromatic heterocycles. The first-order valence-electron chi connectivity index (χ1n) is 8.91. The Hall–Kier alpha value is -2.64. The minimum Gasteiger partial charge on any atom is -0.166 e. The van der Waals surface area contributed by atoms with Gasteiger partial charge in [-0.25, -0.2) is 0 Å². The summed E-state index contributed by atoms with van der Waals surface area (Å²) in [5.74, 6) is -0.122. The normalized spacial score (nSPS) is 23.2. The molecule has 0 saturated heterocycles. The van der Waals surface area contributed by atoms with Crippen LogP contribution in [0.15, 0.2) is 58.7 Å². The third-order valence-corrected chi connectivity index (χ3v) is 5.70. The Morgan fingerprint density at radius 3 is 1.21 bits per heavy atom. The highest BCUT2D eigenvalue weighted by Crippen LogP contribution is 2.62. The van der Waals surface area contributed by atoms with Gasteiger partial charge in [0.25, 0.3) is 0 Å². The fourth-order valence-corrected chi connectivity index (χ4v) is 4.03. The highest BCUT2D eigenvalue weighted by atomic mass is 19.4. The van der Waals surface area contributed by atoms with Gasteiger partial charge in [-0.05, 0) is 40.8 Å². The van der Waals surface area contributed by atoms with E-state index in [0.717, 1.165) is 24.3 Å². The molecule has 0 radical (unpaired) electrons. The molecular formula is C21H16F6N2. The molecule has 0 bridgehead atoms. The lowest BCUT2D eigenvalue weighted by molar-refractivity contribution is -0.138. The summed E-state index contributed by atoms with van der Waals surface area (Å²) in [6.45, 7) is 3.99. The van der Waals surface area contributed by atoms with Crippen molar-refractivity contribution in [2.24, 2.45) is 27.5 Å². The van der Waals surface area contributed by atoms with Crippen LogP contribution in [0.1, 0.15) is 36.1 Å². The van der Waals surface area contributed by atoms with Crippen LogP contribution in [0.25, 0.3) is 0 Å². The lowest BCUT2D eigenvalue weighted by atomic mass is 9.98. The first-order valence-corrected chi connectivity index (χ1v) is 8.91. The van der Waals surface area contributed by atoms with Gasteiger partial charge in [-0.15, -0.1) is 0 Å². The van der Waals surface area contributed by atoms with E-state index in [2.05, 4.69) is 10.2 Å². The van der Waals surface area contributed by atoms with Crippen LogP contribution in [0, 0.1) is 17.3 Å². The molecule has 2 aliphatic rings. The molecule has 1 aliphatic heterocycles. The van der Waals surface area contributed by atoms with E-state index in [1.807, 2.05) is 13.8 Å². The van der Waals surface area contributed by atoms with E-state index in [9.17, 15) is 26.3 Å². The molecule has 152 valence electrons. The number of benzene rings is 2. The van der Waals surface area contributed by atoms with Crippen LogP contribution in [-0.2, 0) is 12.4 Å². The first-order chi connectivity index (χ1) is 13.4. The van der Waals surface area contributed by atoms with Gasteiger partial charge in [0.15, 0.2) is 0 Å². The van der Waals surface area contributed by atoms with Gasteiger partial charge in [0, 0.05) is 11.8 Å². The van der Waals surface area contributed by atoms with Crippen LogP contribution < -0.4 is 0 Å². The topological polar surface area (TPSA) is 24.7 Å². The lowest BCUT2D eigenvalue weighted by Crippen LogP contribution is -2.16. The average molecular weight is 410 g/mol. The van der Waals surface area contributed by atoms with Crippen LogP contribution in [-0.4, -0.2) is 11.4 Å². The molecule has 0 amide bonds. The van der Waals surface area contributed by atoms with Gasteiger partial charge in [-0.1, -0.05) is 38.1 Å². The minimum atomic E-state index is -4.41. The van der Waals surface area contributed by atoms with Gasteiger partial charge in [-0.2, -0.15) is 36.5 Å². The summed E-state index contributed by atoms with van der Waals surface area (Å²) in [4.78, 5) is 0. The Balaban J connectivity index is 1.68. The van der Waals surface area contributed by atoms with Gasteiger partial charge >= 0.3 is 12.4 Å². The van der Waals surface area contributed by atoms with Gasteiger partial charge in [0.05, 0.1) is 22.6 Å². The quantitative estimate of drug-likeness (QED) is 0.527. The lowest BCUT2D eigenvalue weighted by Gasteiger charge is -2.14. The molecule has 2 aromatic carbocycles. The zero-order chi connectivity index (χ0) is 21.2. The van der Waals surface area contributed by atoms with Crippen molar-refractivity contribution >= 4 is 11.4 Å². The number of fused-ring (bicyclic) bond motifs is 1. The third kappa shape index (κ3) is 3.34. The van der Waals surface area contributed by atoms with Crippen LogP contribution in [0.2, 0.25) is 0 Å². The van der Waals surface area contributed by atoms with Crippen molar-refractivity contribution in [1.82, 2.24) is 0 Å². The number of nitrogens with zero attached hydrogens (tertiary/aromatic N) is 2. The molecule has 8 heteroatoms. The van der Waals surface area contributed by atoms with Crippen molar-refractivity contribution in [3.8, 4) is 0 Å².